The second-order valence-electron chi connectivity index (χ2n) is 12.3. The Morgan fingerprint density at radius 2 is 1.07 bits per heavy atom. The zero-order chi connectivity index (χ0) is 45.2. The van der Waals surface area contributed by atoms with E-state index in [1.54, 1.807) is 35.7 Å². The first kappa shape index (κ1) is 48.1. The van der Waals surface area contributed by atoms with Crippen molar-refractivity contribution in [2.75, 3.05) is 16.0 Å². The first-order valence-corrected chi connectivity index (χ1v) is 19.2. The molecular formula is C39H29Cl4F6N3O8S. The largest absolute Gasteiger partial charge is 0.479 e. The van der Waals surface area contributed by atoms with Gasteiger partial charge < -0.3 is 40.1 Å². The SMILES string of the molecule is Cc1csc(C(Nc2ccc(Cl)c(C(F)(F)F)c2)C(=O)O)c1.O=C(O)C(Nc1ccc(Cl)c(C(F)(F)F)c1)c1ccco1.O=C(O)C(Nc1ccc(Cl)cc1Cl)c1ccco1. The molecule has 6 aromatic rings. The zero-order valence-electron chi connectivity index (χ0n) is 30.6. The summed E-state index contributed by atoms with van der Waals surface area (Å²) < 4.78 is 86.8. The van der Waals surface area contributed by atoms with E-state index in [9.17, 15) is 45.8 Å². The molecule has 6 rings (SSSR count). The fourth-order valence-electron chi connectivity index (χ4n) is 5.04. The summed E-state index contributed by atoms with van der Waals surface area (Å²) >= 11 is 24.0. The van der Waals surface area contributed by atoms with Crippen LogP contribution < -0.4 is 16.0 Å². The third-order valence-corrected chi connectivity index (χ3v) is 10.2. The Balaban J connectivity index is 0.000000202. The number of furan rings is 2. The van der Waals surface area contributed by atoms with Crippen LogP contribution >= 0.6 is 57.7 Å². The van der Waals surface area contributed by atoms with Gasteiger partial charge in [-0.05, 0) is 103 Å². The molecule has 3 heterocycles. The number of rotatable bonds is 12. The van der Waals surface area contributed by atoms with Crippen LogP contribution in [-0.4, -0.2) is 33.2 Å². The molecular weight excluding hydrogens is 926 g/mol. The lowest BCUT2D eigenvalue weighted by molar-refractivity contribution is -0.139. The highest BCUT2D eigenvalue weighted by Gasteiger charge is 2.35. The maximum absolute atomic E-state index is 12.8. The molecule has 61 heavy (non-hydrogen) atoms. The molecule has 324 valence electrons. The predicted molar refractivity (Wildman–Crippen MR) is 218 cm³/mol. The van der Waals surface area contributed by atoms with E-state index >= 15 is 0 Å². The van der Waals surface area contributed by atoms with Crippen molar-refractivity contribution in [3.63, 3.8) is 0 Å². The molecule has 0 fully saturated rings. The summed E-state index contributed by atoms with van der Waals surface area (Å²) in [6.45, 7) is 1.81. The summed E-state index contributed by atoms with van der Waals surface area (Å²) in [6.07, 6.45) is -6.54. The number of benzene rings is 3. The second kappa shape index (κ2) is 20.8. The number of halogens is 10. The Bertz CT molecular complexity index is 2430. The molecule has 0 bridgehead atoms. The van der Waals surface area contributed by atoms with E-state index in [1.165, 1.54) is 54.2 Å². The molecule has 22 heteroatoms. The molecule has 0 saturated heterocycles. The van der Waals surface area contributed by atoms with Gasteiger partial charge in [0.05, 0.1) is 44.4 Å². The van der Waals surface area contributed by atoms with Crippen LogP contribution in [0.1, 0.15) is 51.2 Å². The Morgan fingerprint density at radius 3 is 1.44 bits per heavy atom. The number of nitrogens with one attached hydrogen (secondary N) is 3. The molecule has 11 nitrogen and oxygen atoms in total. The second-order valence-corrected chi connectivity index (χ2v) is 14.9. The number of hydrogen-bond acceptors (Lipinski definition) is 9. The third kappa shape index (κ3) is 13.7. The van der Waals surface area contributed by atoms with Crippen LogP contribution in [0.4, 0.5) is 43.4 Å². The first-order chi connectivity index (χ1) is 28.5. The lowest BCUT2D eigenvalue weighted by Crippen LogP contribution is -2.20. The summed E-state index contributed by atoms with van der Waals surface area (Å²) in [6, 6.07) is 15.4. The summed E-state index contributed by atoms with van der Waals surface area (Å²) in [5.41, 5.74) is -0.681. The van der Waals surface area contributed by atoms with Crippen LogP contribution in [0, 0.1) is 6.92 Å². The van der Waals surface area contributed by atoms with Crippen molar-refractivity contribution in [1.29, 1.82) is 0 Å². The van der Waals surface area contributed by atoms with Gasteiger partial charge >= 0.3 is 30.3 Å². The summed E-state index contributed by atoms with van der Waals surface area (Å²) in [4.78, 5) is 34.2. The smallest absolute Gasteiger partial charge is 0.417 e. The van der Waals surface area contributed by atoms with Gasteiger partial charge in [0.15, 0.2) is 18.1 Å². The van der Waals surface area contributed by atoms with Crippen LogP contribution in [-0.2, 0) is 26.7 Å². The minimum absolute atomic E-state index is 0.0319. The van der Waals surface area contributed by atoms with Crippen LogP contribution in [0.25, 0.3) is 0 Å². The van der Waals surface area contributed by atoms with E-state index in [4.69, 9.17) is 65.5 Å². The topological polar surface area (TPSA) is 174 Å². The van der Waals surface area contributed by atoms with Crippen LogP contribution in [0.2, 0.25) is 20.1 Å². The molecule has 0 aliphatic carbocycles. The van der Waals surface area contributed by atoms with E-state index in [-0.39, 0.29) is 17.1 Å². The van der Waals surface area contributed by atoms with Gasteiger partial charge in [-0.15, -0.1) is 11.3 Å². The van der Waals surface area contributed by atoms with Crippen LogP contribution in [0.15, 0.2) is 112 Å². The van der Waals surface area contributed by atoms with Gasteiger partial charge in [0.1, 0.15) is 11.5 Å². The molecule has 3 atom stereocenters. The van der Waals surface area contributed by atoms with Gasteiger partial charge in [0, 0.05) is 21.3 Å². The average Bonchev–Trinajstić information content (AvgIpc) is 3.98. The lowest BCUT2D eigenvalue weighted by Gasteiger charge is -2.16. The van der Waals surface area contributed by atoms with E-state index in [1.807, 2.05) is 6.92 Å². The van der Waals surface area contributed by atoms with Crippen molar-refractivity contribution >= 4 is 92.7 Å². The van der Waals surface area contributed by atoms with Gasteiger partial charge in [-0.2, -0.15) is 26.3 Å². The Hall–Kier alpha value is -5.53. The first-order valence-electron chi connectivity index (χ1n) is 16.8. The minimum Gasteiger partial charge on any atom is -0.479 e. The van der Waals surface area contributed by atoms with Crippen molar-refractivity contribution < 1.29 is 64.9 Å². The van der Waals surface area contributed by atoms with Gasteiger partial charge in [-0.3, -0.25) is 0 Å². The number of carbonyl (C=O) groups is 3. The number of anilines is 3. The number of alkyl halides is 6. The van der Waals surface area contributed by atoms with Crippen LogP contribution in [0.3, 0.4) is 0 Å². The van der Waals surface area contributed by atoms with Gasteiger partial charge in [-0.25, -0.2) is 14.4 Å². The Kier molecular flexibility index (Phi) is 16.4. The number of thiophene rings is 1. The third-order valence-electron chi connectivity index (χ3n) is 7.83. The highest BCUT2D eigenvalue weighted by molar-refractivity contribution is 7.10. The van der Waals surface area contributed by atoms with E-state index < -0.39 is 69.6 Å². The molecule has 6 N–H and O–H groups in total. The zero-order valence-corrected chi connectivity index (χ0v) is 34.5. The summed E-state index contributed by atoms with van der Waals surface area (Å²) in [7, 11) is 0. The maximum Gasteiger partial charge on any atom is 0.417 e. The molecule has 0 aliphatic rings. The molecule has 0 amide bonds. The monoisotopic (exact) mass is 953 g/mol. The molecule has 0 aliphatic heterocycles. The van der Waals surface area contributed by atoms with Crippen molar-refractivity contribution in [1.82, 2.24) is 0 Å². The van der Waals surface area contributed by atoms with Crippen molar-refractivity contribution in [3.05, 3.63) is 156 Å². The molecule has 3 aromatic heterocycles. The maximum atomic E-state index is 12.8. The fourth-order valence-corrected chi connectivity index (χ4v) is 6.89. The number of aliphatic carboxylic acids is 3. The summed E-state index contributed by atoms with van der Waals surface area (Å²) in [5, 5.41) is 37.1. The normalized spacial score (nSPS) is 12.7. The Morgan fingerprint density at radius 1 is 0.607 bits per heavy atom. The van der Waals surface area contributed by atoms with E-state index in [0.717, 1.165) is 29.8 Å². The van der Waals surface area contributed by atoms with Gasteiger partial charge in [0.2, 0.25) is 0 Å². The van der Waals surface area contributed by atoms with Gasteiger partial charge in [0.25, 0.3) is 0 Å². The minimum atomic E-state index is -4.63. The van der Waals surface area contributed by atoms with Gasteiger partial charge in [-0.1, -0.05) is 46.4 Å². The number of hydrogen-bond donors (Lipinski definition) is 6. The molecule has 0 saturated carbocycles. The molecule has 3 unspecified atom stereocenters. The predicted octanol–water partition coefficient (Wildman–Crippen LogP) is 13.0. The van der Waals surface area contributed by atoms with Crippen LogP contribution in [0.5, 0.6) is 0 Å². The quantitative estimate of drug-likeness (QED) is 0.0644. The fraction of sp³-hybridized carbons (Fsp3) is 0.154. The van der Waals surface area contributed by atoms with E-state index in [2.05, 4.69) is 16.0 Å². The standard InChI is InChI=1S/C14H11ClF3NO2S.C13H9ClF3NO3.C12H9Cl2NO3/c1-7-4-11(22-6-7)12(13(20)21)19-8-2-3-10(15)9(5-8)14(16,17)18;14-9-4-3-7(6-8(9)13(15,16)17)18-11(12(19)20)10-2-1-5-21-10;13-7-3-4-9(8(14)6-7)15-11(12(16)17)10-2-1-5-18-10/h2-6,12,19H,1H3,(H,20,21);1-6,11,18H,(H,19,20);1-6,11,15H,(H,16,17). The van der Waals surface area contributed by atoms with Crippen molar-refractivity contribution in [2.24, 2.45) is 0 Å². The highest BCUT2D eigenvalue weighted by Crippen LogP contribution is 2.38. The number of carboxylic acid groups (broad SMARTS) is 3. The molecule has 0 radical (unpaired) electrons. The molecule has 3 aromatic carbocycles. The highest BCUT2D eigenvalue weighted by atomic mass is 35.5. The number of carboxylic acids is 3. The number of aryl methyl sites for hydroxylation is 1. The van der Waals surface area contributed by atoms with Crippen molar-refractivity contribution in [3.8, 4) is 0 Å². The van der Waals surface area contributed by atoms with Crippen molar-refractivity contribution in [2.45, 2.75) is 37.4 Å². The molecule has 0 spiro atoms. The Labute approximate surface area is 365 Å². The lowest BCUT2D eigenvalue weighted by atomic mass is 10.1. The average molecular weight is 956 g/mol. The van der Waals surface area contributed by atoms with E-state index in [0.29, 0.717) is 26.4 Å². The summed E-state index contributed by atoms with van der Waals surface area (Å²) in [5.74, 6) is -3.14.